The van der Waals surface area contributed by atoms with Crippen molar-refractivity contribution in [3.63, 3.8) is 0 Å². The number of hydrogen-bond donors (Lipinski definition) is 1. The average Bonchev–Trinajstić information content (AvgIpc) is 2.48. The maximum Gasteiger partial charge on any atom is 0.194 e. The van der Waals surface area contributed by atoms with Gasteiger partial charge in [-0.2, -0.15) is 0 Å². The minimum absolute atomic E-state index is 0.0941. The van der Waals surface area contributed by atoms with Crippen LogP contribution in [0.4, 0.5) is 13.2 Å². The summed E-state index contributed by atoms with van der Waals surface area (Å²) < 4.78 is 40.7. The van der Waals surface area contributed by atoms with Crippen molar-refractivity contribution in [1.29, 1.82) is 0 Å². The van der Waals surface area contributed by atoms with E-state index in [1.54, 1.807) is 18.5 Å². The van der Waals surface area contributed by atoms with E-state index < -0.39 is 23.5 Å². The van der Waals surface area contributed by atoms with E-state index in [4.69, 9.17) is 0 Å². The van der Waals surface area contributed by atoms with Gasteiger partial charge in [0.05, 0.1) is 6.04 Å². The summed E-state index contributed by atoms with van der Waals surface area (Å²) in [5.74, 6) is -3.78. The molecule has 0 amide bonds. The standard InChI is InChI=1S/C16H17F3N2/c1-3-7-21-16(11-6-8-20-9-10(11)2)12-4-5-13(17)15(19)14(12)18/h4-6,8-9,16,21H,3,7H2,1-2H3. The van der Waals surface area contributed by atoms with Gasteiger partial charge < -0.3 is 5.32 Å². The first kappa shape index (κ1) is 15.5. The van der Waals surface area contributed by atoms with Crippen molar-refractivity contribution in [2.75, 3.05) is 6.54 Å². The smallest absolute Gasteiger partial charge is 0.194 e. The summed E-state index contributed by atoms with van der Waals surface area (Å²) >= 11 is 0. The number of aromatic nitrogens is 1. The Morgan fingerprint density at radius 3 is 2.52 bits per heavy atom. The lowest BCUT2D eigenvalue weighted by Gasteiger charge is -2.22. The molecule has 0 fully saturated rings. The van der Waals surface area contributed by atoms with E-state index >= 15 is 0 Å². The molecule has 0 bridgehead atoms. The van der Waals surface area contributed by atoms with Crippen LogP contribution in [0.1, 0.15) is 36.1 Å². The molecule has 5 heteroatoms. The van der Waals surface area contributed by atoms with Gasteiger partial charge in [-0.1, -0.05) is 13.0 Å². The topological polar surface area (TPSA) is 24.9 Å². The predicted octanol–water partition coefficient (Wildman–Crippen LogP) is 3.90. The molecule has 1 heterocycles. The fraction of sp³-hybridized carbons (Fsp3) is 0.312. The normalized spacial score (nSPS) is 12.4. The van der Waals surface area contributed by atoms with Crippen molar-refractivity contribution in [3.05, 3.63) is 64.7 Å². The molecule has 2 aromatic rings. The van der Waals surface area contributed by atoms with Gasteiger partial charge in [-0.15, -0.1) is 0 Å². The van der Waals surface area contributed by atoms with Gasteiger partial charge in [-0.3, -0.25) is 4.98 Å². The molecule has 0 radical (unpaired) electrons. The van der Waals surface area contributed by atoms with Gasteiger partial charge >= 0.3 is 0 Å². The third-order valence-corrected chi connectivity index (χ3v) is 3.35. The highest BCUT2D eigenvalue weighted by molar-refractivity contribution is 5.36. The van der Waals surface area contributed by atoms with Crippen molar-refractivity contribution in [3.8, 4) is 0 Å². The lowest BCUT2D eigenvalue weighted by Crippen LogP contribution is -2.25. The Morgan fingerprint density at radius 1 is 1.10 bits per heavy atom. The van der Waals surface area contributed by atoms with Crippen LogP contribution >= 0.6 is 0 Å². The van der Waals surface area contributed by atoms with Crippen molar-refractivity contribution in [2.24, 2.45) is 0 Å². The lowest BCUT2D eigenvalue weighted by molar-refractivity contribution is 0.432. The molecule has 2 nitrogen and oxygen atoms in total. The second-order valence-corrected chi connectivity index (χ2v) is 4.88. The Labute approximate surface area is 122 Å². The van der Waals surface area contributed by atoms with E-state index in [2.05, 4.69) is 10.3 Å². The maximum atomic E-state index is 14.1. The summed E-state index contributed by atoms with van der Waals surface area (Å²) in [4.78, 5) is 4.00. The maximum absolute atomic E-state index is 14.1. The van der Waals surface area contributed by atoms with Gasteiger partial charge in [-0.25, -0.2) is 13.2 Å². The van der Waals surface area contributed by atoms with Gasteiger partial charge in [0.2, 0.25) is 0 Å². The number of aryl methyl sites for hydroxylation is 1. The van der Waals surface area contributed by atoms with Crippen LogP contribution in [0.2, 0.25) is 0 Å². The molecule has 0 aliphatic carbocycles. The van der Waals surface area contributed by atoms with E-state index in [1.807, 2.05) is 13.8 Å². The number of rotatable bonds is 5. The summed E-state index contributed by atoms with van der Waals surface area (Å²) in [5.41, 5.74) is 1.75. The van der Waals surface area contributed by atoms with Crippen LogP contribution in [-0.4, -0.2) is 11.5 Å². The summed E-state index contributed by atoms with van der Waals surface area (Å²) in [6.07, 6.45) is 4.10. The van der Waals surface area contributed by atoms with Gasteiger partial charge in [0.25, 0.3) is 0 Å². The van der Waals surface area contributed by atoms with Crippen LogP contribution in [0, 0.1) is 24.4 Å². The molecule has 0 aliphatic heterocycles. The molecule has 1 N–H and O–H groups in total. The second-order valence-electron chi connectivity index (χ2n) is 4.88. The van der Waals surface area contributed by atoms with E-state index in [1.165, 1.54) is 6.07 Å². The highest BCUT2D eigenvalue weighted by Crippen LogP contribution is 2.28. The van der Waals surface area contributed by atoms with Crippen LogP contribution in [0.5, 0.6) is 0 Å². The molecule has 0 spiro atoms. The van der Waals surface area contributed by atoms with Crippen molar-refractivity contribution >= 4 is 0 Å². The zero-order valence-corrected chi connectivity index (χ0v) is 12.0. The Bertz CT molecular complexity index is 629. The molecule has 0 saturated heterocycles. The zero-order chi connectivity index (χ0) is 15.4. The molecule has 1 aromatic carbocycles. The van der Waals surface area contributed by atoms with Gasteiger partial charge in [-0.05, 0) is 43.1 Å². The molecule has 1 atom stereocenters. The molecule has 21 heavy (non-hydrogen) atoms. The Kier molecular flexibility index (Phi) is 4.96. The fourth-order valence-corrected chi connectivity index (χ4v) is 2.25. The zero-order valence-electron chi connectivity index (χ0n) is 12.0. The summed E-state index contributed by atoms with van der Waals surface area (Å²) in [6.45, 7) is 4.46. The molecule has 112 valence electrons. The molecular weight excluding hydrogens is 277 g/mol. The van der Waals surface area contributed by atoms with Crippen LogP contribution in [0.25, 0.3) is 0 Å². The van der Waals surface area contributed by atoms with Crippen molar-refractivity contribution < 1.29 is 13.2 Å². The summed E-state index contributed by atoms with van der Waals surface area (Å²) in [7, 11) is 0. The van der Waals surface area contributed by atoms with Crippen LogP contribution in [0.3, 0.4) is 0 Å². The number of benzene rings is 1. The molecule has 1 aromatic heterocycles. The predicted molar refractivity (Wildman–Crippen MR) is 75.4 cm³/mol. The number of nitrogens with zero attached hydrogens (tertiary/aromatic N) is 1. The van der Waals surface area contributed by atoms with Crippen molar-refractivity contribution in [2.45, 2.75) is 26.3 Å². The molecular formula is C16H17F3N2. The Morgan fingerprint density at radius 2 is 1.86 bits per heavy atom. The van der Waals surface area contributed by atoms with Gasteiger partial charge in [0, 0.05) is 18.0 Å². The Hall–Kier alpha value is -1.88. The average molecular weight is 294 g/mol. The minimum atomic E-state index is -1.44. The molecule has 0 aliphatic rings. The van der Waals surface area contributed by atoms with Gasteiger partial charge in [0.1, 0.15) is 0 Å². The van der Waals surface area contributed by atoms with Crippen molar-refractivity contribution in [1.82, 2.24) is 10.3 Å². The SMILES string of the molecule is CCCNC(c1ccncc1C)c1ccc(F)c(F)c1F. The lowest BCUT2D eigenvalue weighted by atomic mass is 9.95. The highest BCUT2D eigenvalue weighted by atomic mass is 19.2. The van der Waals surface area contributed by atoms with E-state index in [-0.39, 0.29) is 5.56 Å². The summed E-state index contributed by atoms with van der Waals surface area (Å²) in [6, 6.07) is 3.44. The van der Waals surface area contributed by atoms with Crippen LogP contribution in [0.15, 0.2) is 30.6 Å². The fourth-order valence-electron chi connectivity index (χ4n) is 2.25. The Balaban J connectivity index is 2.51. The summed E-state index contributed by atoms with van der Waals surface area (Å²) in [5, 5.41) is 3.17. The van der Waals surface area contributed by atoms with Crippen LogP contribution < -0.4 is 5.32 Å². The molecule has 0 saturated carbocycles. The monoisotopic (exact) mass is 294 g/mol. The van der Waals surface area contributed by atoms with Gasteiger partial charge in [0.15, 0.2) is 17.5 Å². The highest BCUT2D eigenvalue weighted by Gasteiger charge is 2.22. The first-order valence-electron chi connectivity index (χ1n) is 6.83. The number of nitrogens with one attached hydrogen (secondary N) is 1. The second kappa shape index (κ2) is 6.72. The first-order chi connectivity index (χ1) is 10.1. The largest absolute Gasteiger partial charge is 0.306 e. The third kappa shape index (κ3) is 3.24. The number of pyridine rings is 1. The van der Waals surface area contributed by atoms with E-state index in [9.17, 15) is 13.2 Å². The first-order valence-corrected chi connectivity index (χ1v) is 6.83. The molecule has 1 unspecified atom stereocenters. The minimum Gasteiger partial charge on any atom is -0.306 e. The third-order valence-electron chi connectivity index (χ3n) is 3.35. The quantitative estimate of drug-likeness (QED) is 0.846. The number of halogens is 3. The van der Waals surface area contributed by atoms with E-state index in [0.29, 0.717) is 6.54 Å². The van der Waals surface area contributed by atoms with Crippen LogP contribution in [-0.2, 0) is 0 Å². The molecule has 2 rings (SSSR count). The number of hydrogen-bond acceptors (Lipinski definition) is 2. The van der Waals surface area contributed by atoms with E-state index in [0.717, 1.165) is 23.6 Å².